The van der Waals surface area contributed by atoms with Crippen LogP contribution in [-0.4, -0.2) is 20.7 Å². The molecule has 3 aromatic heterocycles. The number of aliphatic imine (C=N–C) groups is 2. The predicted octanol–water partition coefficient (Wildman–Crippen LogP) is 18.3. The van der Waals surface area contributed by atoms with Gasteiger partial charge in [0.25, 0.3) is 0 Å². The minimum atomic E-state index is 0.696. The summed E-state index contributed by atoms with van der Waals surface area (Å²) in [6.45, 7) is 0. The Bertz CT molecular complexity index is 4670. The molecular formula is C70H46N4O. The van der Waals surface area contributed by atoms with E-state index in [-0.39, 0.29) is 0 Å². The van der Waals surface area contributed by atoms with Crippen molar-refractivity contribution in [3.63, 3.8) is 0 Å². The van der Waals surface area contributed by atoms with Crippen LogP contribution < -0.4 is 0 Å². The third-order valence-corrected chi connectivity index (χ3v) is 15.2. The van der Waals surface area contributed by atoms with E-state index in [1.165, 1.54) is 54.5 Å². The largest absolute Gasteiger partial charge is 0.456 e. The van der Waals surface area contributed by atoms with E-state index in [4.69, 9.17) is 14.4 Å². The lowest BCUT2D eigenvalue weighted by Gasteiger charge is -2.14. The maximum atomic E-state index is 6.64. The predicted molar refractivity (Wildman–Crippen MR) is 314 cm³/mol. The Kier molecular flexibility index (Phi) is 9.95. The van der Waals surface area contributed by atoms with Gasteiger partial charge in [0.2, 0.25) is 0 Å². The van der Waals surface area contributed by atoms with Crippen molar-refractivity contribution >= 4 is 93.6 Å². The number of hydrogen-bond donors (Lipinski definition) is 0. The van der Waals surface area contributed by atoms with Crippen LogP contribution in [0.15, 0.2) is 269 Å². The van der Waals surface area contributed by atoms with Gasteiger partial charge in [0.1, 0.15) is 11.2 Å². The first-order chi connectivity index (χ1) is 37.2. The number of fused-ring (bicyclic) bond motifs is 11. The van der Waals surface area contributed by atoms with Gasteiger partial charge in [-0.05, 0) is 136 Å². The van der Waals surface area contributed by atoms with E-state index in [2.05, 4.69) is 240 Å². The first-order valence-electron chi connectivity index (χ1n) is 25.8. The van der Waals surface area contributed by atoms with E-state index in [1.807, 2.05) is 24.3 Å². The second-order valence-corrected chi connectivity index (χ2v) is 19.6. The summed E-state index contributed by atoms with van der Waals surface area (Å²) in [5.41, 5.74) is 18.3. The summed E-state index contributed by atoms with van der Waals surface area (Å²) in [5.74, 6) is 0.696. The van der Waals surface area contributed by atoms with Crippen LogP contribution in [0.1, 0.15) is 29.5 Å². The minimum absolute atomic E-state index is 0.696. The zero-order valence-corrected chi connectivity index (χ0v) is 40.9. The summed E-state index contributed by atoms with van der Waals surface area (Å²) in [6.07, 6.45) is 3.86. The van der Waals surface area contributed by atoms with Crippen molar-refractivity contribution in [2.45, 2.75) is 12.8 Å². The molecule has 0 spiro atoms. The highest BCUT2D eigenvalue weighted by Gasteiger charge is 2.21. The second-order valence-electron chi connectivity index (χ2n) is 19.6. The molecule has 14 aromatic rings. The molecule has 1 aliphatic heterocycles. The minimum Gasteiger partial charge on any atom is -0.456 e. The number of para-hydroxylation sites is 2. The van der Waals surface area contributed by atoms with Gasteiger partial charge in [-0.25, -0.2) is 9.98 Å². The fourth-order valence-electron chi connectivity index (χ4n) is 11.7. The van der Waals surface area contributed by atoms with Crippen molar-refractivity contribution in [3.05, 3.63) is 271 Å². The van der Waals surface area contributed by atoms with Gasteiger partial charge in [0.15, 0.2) is 5.84 Å². The third kappa shape index (κ3) is 7.15. The Morgan fingerprint density at radius 2 is 0.880 bits per heavy atom. The van der Waals surface area contributed by atoms with Crippen LogP contribution in [0.3, 0.4) is 0 Å². The van der Waals surface area contributed by atoms with Crippen LogP contribution in [0.25, 0.3) is 116 Å². The van der Waals surface area contributed by atoms with E-state index in [0.717, 1.165) is 96.4 Å². The van der Waals surface area contributed by atoms with Crippen LogP contribution in [0.4, 0.5) is 0 Å². The van der Waals surface area contributed by atoms with Gasteiger partial charge in [-0.15, -0.1) is 0 Å². The molecule has 0 saturated carbocycles. The smallest absolute Gasteiger partial charge is 0.160 e. The van der Waals surface area contributed by atoms with Gasteiger partial charge < -0.3 is 13.6 Å². The van der Waals surface area contributed by atoms with Crippen LogP contribution >= 0.6 is 0 Å². The lowest BCUT2D eigenvalue weighted by Crippen LogP contribution is -2.09. The molecule has 15 rings (SSSR count). The number of allylic oxidation sites excluding steroid dienone is 1. The van der Waals surface area contributed by atoms with Crippen LogP contribution in [-0.2, 0) is 0 Å². The third-order valence-electron chi connectivity index (χ3n) is 15.2. The number of furan rings is 1. The van der Waals surface area contributed by atoms with Gasteiger partial charge in [-0.2, -0.15) is 0 Å². The molecule has 0 fully saturated rings. The highest BCUT2D eigenvalue weighted by atomic mass is 16.3. The molecule has 5 nitrogen and oxygen atoms in total. The quantitative estimate of drug-likeness (QED) is 0.157. The van der Waals surface area contributed by atoms with E-state index >= 15 is 0 Å². The number of benzene rings is 11. The van der Waals surface area contributed by atoms with Gasteiger partial charge >= 0.3 is 0 Å². The molecule has 352 valence electrons. The SMILES string of the molecule is C1=C(c2cccc3oc4ccc(-c5ccc6c(c5)c5cc(-c7ccc8c(c7)c7c9ccccc9ccc7n8-c7ccccc7)ccc5n6-c5ccccc5)cc4c23)/N=C(c2ccccc2)\N=C(\c2ccccc2)CC\1. The lowest BCUT2D eigenvalue weighted by molar-refractivity contribution is 0.669. The van der Waals surface area contributed by atoms with Crippen molar-refractivity contribution < 1.29 is 4.42 Å². The molecule has 0 N–H and O–H groups in total. The second kappa shape index (κ2) is 17.4. The van der Waals surface area contributed by atoms with Crippen molar-refractivity contribution in [2.75, 3.05) is 0 Å². The summed E-state index contributed by atoms with van der Waals surface area (Å²) < 4.78 is 11.5. The molecule has 11 aromatic carbocycles. The Morgan fingerprint density at radius 1 is 0.347 bits per heavy atom. The van der Waals surface area contributed by atoms with Crippen molar-refractivity contribution in [1.82, 2.24) is 9.13 Å². The van der Waals surface area contributed by atoms with Crippen molar-refractivity contribution in [1.29, 1.82) is 0 Å². The topological polar surface area (TPSA) is 47.7 Å². The summed E-state index contributed by atoms with van der Waals surface area (Å²) in [6, 6.07) is 89.4. The highest BCUT2D eigenvalue weighted by molar-refractivity contribution is 6.22. The molecule has 1 aliphatic rings. The fourth-order valence-corrected chi connectivity index (χ4v) is 11.7. The van der Waals surface area contributed by atoms with E-state index in [9.17, 15) is 0 Å². The molecule has 0 unspecified atom stereocenters. The van der Waals surface area contributed by atoms with E-state index in [1.54, 1.807) is 0 Å². The van der Waals surface area contributed by atoms with E-state index in [0.29, 0.717) is 5.84 Å². The first kappa shape index (κ1) is 42.8. The number of nitrogens with zero attached hydrogens (tertiary/aromatic N) is 4. The summed E-state index contributed by atoms with van der Waals surface area (Å²) in [4.78, 5) is 10.7. The van der Waals surface area contributed by atoms with Crippen molar-refractivity contribution in [2.24, 2.45) is 9.98 Å². The first-order valence-corrected chi connectivity index (χ1v) is 25.8. The van der Waals surface area contributed by atoms with Crippen LogP contribution in [0, 0.1) is 0 Å². The number of hydrogen-bond acceptors (Lipinski definition) is 3. The standard InChI is InChI=1S/C70H46N4O/c1-5-18-46(19-6-1)60-28-16-29-61(72-70(71-60)47-20-7-2-8-21-47)55-27-15-30-67-69(55)59-44-51(35-40-66(59)75-67)49-33-37-63-57(42-49)56-41-48(32-36-62(56)73(63)52-22-9-3-10-23-52)50-34-38-64-58(43-50)68-54-26-14-13-17-45(54)31-39-65(68)74(64)53-24-11-4-12-25-53/h1-15,17-27,29-44H,16,28H2/b61-29-,71-60+,72-70-. The molecule has 75 heavy (non-hydrogen) atoms. The van der Waals surface area contributed by atoms with Gasteiger partial charge in [-0.1, -0.05) is 170 Å². The fraction of sp³-hybridized carbons (Fsp3) is 0.0286. The molecule has 0 aliphatic carbocycles. The van der Waals surface area contributed by atoms with Gasteiger partial charge in [0, 0.05) is 54.8 Å². The van der Waals surface area contributed by atoms with E-state index < -0.39 is 0 Å². The summed E-state index contributed by atoms with van der Waals surface area (Å²) >= 11 is 0. The average Bonchev–Trinajstić information content (AvgIpc) is 4.13. The van der Waals surface area contributed by atoms with Crippen LogP contribution in [0.2, 0.25) is 0 Å². The summed E-state index contributed by atoms with van der Waals surface area (Å²) in [5, 5.41) is 9.50. The maximum Gasteiger partial charge on any atom is 0.160 e. The number of amidine groups is 1. The van der Waals surface area contributed by atoms with Crippen molar-refractivity contribution in [3.8, 4) is 33.6 Å². The maximum absolute atomic E-state index is 6.64. The highest BCUT2D eigenvalue weighted by Crippen LogP contribution is 2.43. The number of rotatable bonds is 7. The lowest BCUT2D eigenvalue weighted by atomic mass is 9.97. The van der Waals surface area contributed by atoms with Crippen LogP contribution in [0.5, 0.6) is 0 Å². The Hall–Kier alpha value is -9.84. The monoisotopic (exact) mass is 958 g/mol. The molecular weight excluding hydrogens is 913 g/mol. The molecule has 5 heteroatoms. The zero-order chi connectivity index (χ0) is 49.4. The average molecular weight is 959 g/mol. The Labute approximate surface area is 432 Å². The molecule has 0 atom stereocenters. The Balaban J connectivity index is 0.884. The summed E-state index contributed by atoms with van der Waals surface area (Å²) in [7, 11) is 0. The molecule has 0 bridgehead atoms. The molecule has 0 saturated heterocycles. The zero-order valence-electron chi connectivity index (χ0n) is 40.9. The van der Waals surface area contributed by atoms with Gasteiger partial charge in [-0.3, -0.25) is 0 Å². The molecule has 0 radical (unpaired) electrons. The Morgan fingerprint density at radius 3 is 1.55 bits per heavy atom. The van der Waals surface area contributed by atoms with Gasteiger partial charge in [0.05, 0.1) is 33.5 Å². The normalized spacial score (nSPS) is 15.3. The molecule has 0 amide bonds. The number of aromatic nitrogens is 2. The molecule has 4 heterocycles.